The number of aryl methyl sites for hydroxylation is 1. The van der Waals surface area contributed by atoms with Crippen LogP contribution in [-0.4, -0.2) is 13.4 Å². The van der Waals surface area contributed by atoms with Crippen molar-refractivity contribution >= 4 is 11.8 Å². The van der Waals surface area contributed by atoms with Crippen molar-refractivity contribution in [2.24, 2.45) is 5.90 Å². The maximum absolute atomic E-state index is 5.32. The first-order chi connectivity index (χ1) is 7.26. The van der Waals surface area contributed by atoms with E-state index in [0.717, 1.165) is 17.7 Å². The molecular weight excluding hydrogens is 210 g/mol. The molecule has 0 amide bonds. The third kappa shape index (κ3) is 2.87. The highest BCUT2D eigenvalue weighted by Crippen LogP contribution is 2.29. The van der Waals surface area contributed by atoms with E-state index in [-0.39, 0.29) is 0 Å². The van der Waals surface area contributed by atoms with E-state index in [1.807, 2.05) is 12.3 Å². The molecule has 0 saturated carbocycles. The maximum atomic E-state index is 5.32. The van der Waals surface area contributed by atoms with Crippen molar-refractivity contribution < 1.29 is 9.57 Å². The van der Waals surface area contributed by atoms with Crippen LogP contribution in [0.1, 0.15) is 18.1 Å². The minimum Gasteiger partial charge on any atom is -0.496 e. The Kier molecular flexibility index (Phi) is 4.94. The lowest BCUT2D eigenvalue weighted by Gasteiger charge is -2.12. The topological polar surface area (TPSA) is 44.5 Å². The third-order valence-corrected chi connectivity index (χ3v) is 3.12. The van der Waals surface area contributed by atoms with Gasteiger partial charge in [0.15, 0.2) is 0 Å². The quantitative estimate of drug-likeness (QED) is 0.619. The summed E-state index contributed by atoms with van der Waals surface area (Å²) in [4.78, 5) is 5.87. The van der Waals surface area contributed by atoms with Crippen molar-refractivity contribution in [2.75, 3.05) is 13.4 Å². The summed E-state index contributed by atoms with van der Waals surface area (Å²) in [5.41, 5.74) is 2.28. The van der Waals surface area contributed by atoms with Gasteiger partial charge in [0.2, 0.25) is 0 Å². The zero-order chi connectivity index (χ0) is 11.3. The molecule has 0 spiro atoms. The van der Waals surface area contributed by atoms with Gasteiger partial charge in [0.05, 0.1) is 13.7 Å². The lowest BCUT2D eigenvalue weighted by molar-refractivity contribution is 0.122. The Morgan fingerprint density at radius 2 is 2.07 bits per heavy atom. The molecule has 0 unspecified atom stereocenters. The summed E-state index contributed by atoms with van der Waals surface area (Å²) < 4.78 is 5.32. The fourth-order valence-corrected chi connectivity index (χ4v) is 2.14. The molecule has 0 aliphatic rings. The highest BCUT2D eigenvalue weighted by Gasteiger charge is 2.08. The molecule has 0 aromatic heterocycles. The van der Waals surface area contributed by atoms with Crippen molar-refractivity contribution in [1.29, 1.82) is 0 Å². The number of benzene rings is 1. The monoisotopic (exact) mass is 227 g/mol. The predicted molar refractivity (Wildman–Crippen MR) is 63.1 cm³/mol. The van der Waals surface area contributed by atoms with Crippen molar-refractivity contribution in [1.82, 2.24) is 0 Å². The summed E-state index contributed by atoms with van der Waals surface area (Å²) in [5.74, 6) is 6.00. The van der Waals surface area contributed by atoms with E-state index in [0.29, 0.717) is 6.61 Å². The molecule has 1 aromatic carbocycles. The van der Waals surface area contributed by atoms with Gasteiger partial charge in [0.1, 0.15) is 5.75 Å². The minimum atomic E-state index is 0.413. The molecule has 2 N–H and O–H groups in total. The largest absolute Gasteiger partial charge is 0.496 e. The zero-order valence-electron chi connectivity index (χ0n) is 9.37. The van der Waals surface area contributed by atoms with Crippen LogP contribution in [0.2, 0.25) is 0 Å². The molecular formula is C11H17NO2S. The summed E-state index contributed by atoms with van der Waals surface area (Å²) in [5, 5.41) is 0. The smallest absolute Gasteiger partial charge is 0.122 e. The highest BCUT2D eigenvalue weighted by molar-refractivity contribution is 7.98. The van der Waals surface area contributed by atoms with Gasteiger partial charge in [0.25, 0.3) is 0 Å². The normalized spacial score (nSPS) is 10.4. The summed E-state index contributed by atoms with van der Waals surface area (Å²) in [6.45, 7) is 2.53. The molecule has 4 heteroatoms. The summed E-state index contributed by atoms with van der Waals surface area (Å²) in [6.07, 6.45) is 3.00. The van der Waals surface area contributed by atoms with Crippen molar-refractivity contribution in [3.8, 4) is 5.75 Å². The lowest BCUT2D eigenvalue weighted by atomic mass is 10.1. The van der Waals surface area contributed by atoms with Crippen LogP contribution in [0.3, 0.4) is 0 Å². The van der Waals surface area contributed by atoms with Gasteiger partial charge in [-0.3, -0.25) is 4.84 Å². The van der Waals surface area contributed by atoms with Gasteiger partial charge in [-0.25, -0.2) is 5.90 Å². The SMILES string of the molecule is CCc1cc(SC)c(CON)cc1OC. The average Bonchev–Trinajstić information content (AvgIpc) is 2.28. The Bertz CT molecular complexity index is 329. The molecule has 0 heterocycles. The van der Waals surface area contributed by atoms with Crippen molar-refractivity contribution in [3.63, 3.8) is 0 Å². The highest BCUT2D eigenvalue weighted by atomic mass is 32.2. The van der Waals surface area contributed by atoms with E-state index in [1.54, 1.807) is 18.9 Å². The molecule has 3 nitrogen and oxygen atoms in total. The van der Waals surface area contributed by atoms with Crippen LogP contribution in [0.4, 0.5) is 0 Å². The molecule has 84 valence electrons. The molecule has 0 fully saturated rings. The van der Waals surface area contributed by atoms with Crippen LogP contribution in [-0.2, 0) is 17.9 Å². The second-order valence-corrected chi connectivity index (χ2v) is 3.99. The molecule has 0 radical (unpaired) electrons. The number of methoxy groups -OCH3 is 1. The van der Waals surface area contributed by atoms with Gasteiger partial charge in [-0.2, -0.15) is 0 Å². The number of nitrogens with two attached hydrogens (primary N) is 1. The third-order valence-electron chi connectivity index (χ3n) is 2.30. The average molecular weight is 227 g/mol. The van der Waals surface area contributed by atoms with E-state index in [4.69, 9.17) is 10.6 Å². The Morgan fingerprint density at radius 3 is 2.53 bits per heavy atom. The fraction of sp³-hybridized carbons (Fsp3) is 0.455. The van der Waals surface area contributed by atoms with E-state index >= 15 is 0 Å². The number of thioether (sulfide) groups is 1. The molecule has 15 heavy (non-hydrogen) atoms. The second kappa shape index (κ2) is 6.00. The molecule has 0 saturated heterocycles. The molecule has 0 aliphatic heterocycles. The minimum absolute atomic E-state index is 0.413. The Hall–Kier alpha value is -0.710. The van der Waals surface area contributed by atoms with E-state index in [2.05, 4.69) is 17.8 Å². The molecule has 1 rings (SSSR count). The number of ether oxygens (including phenoxy) is 1. The molecule has 0 atom stereocenters. The first-order valence-electron chi connectivity index (χ1n) is 4.82. The molecule has 0 bridgehead atoms. The van der Waals surface area contributed by atoms with Crippen LogP contribution >= 0.6 is 11.8 Å². The van der Waals surface area contributed by atoms with Gasteiger partial charge >= 0.3 is 0 Å². The van der Waals surface area contributed by atoms with Crippen LogP contribution < -0.4 is 10.6 Å². The van der Waals surface area contributed by atoms with Crippen LogP contribution in [0.25, 0.3) is 0 Å². The molecule has 1 aromatic rings. The predicted octanol–water partition coefficient (Wildman–Crippen LogP) is 2.37. The number of hydrogen-bond donors (Lipinski definition) is 1. The zero-order valence-corrected chi connectivity index (χ0v) is 10.2. The first kappa shape index (κ1) is 12.4. The van der Waals surface area contributed by atoms with Gasteiger partial charge in [0, 0.05) is 4.90 Å². The Balaban J connectivity index is 3.15. The maximum Gasteiger partial charge on any atom is 0.122 e. The van der Waals surface area contributed by atoms with E-state index in [9.17, 15) is 0 Å². The Labute approximate surface area is 94.9 Å². The number of hydrogen-bond acceptors (Lipinski definition) is 4. The summed E-state index contributed by atoms with van der Waals surface area (Å²) in [6, 6.07) is 4.13. The first-order valence-corrected chi connectivity index (χ1v) is 6.04. The van der Waals surface area contributed by atoms with E-state index < -0.39 is 0 Å². The standard InChI is InChI=1S/C11H17NO2S/c1-4-8-6-11(15-3)9(7-14-12)5-10(8)13-2/h5-6H,4,7,12H2,1-3H3. The Morgan fingerprint density at radius 1 is 1.33 bits per heavy atom. The van der Waals surface area contributed by atoms with Gasteiger partial charge in [-0.1, -0.05) is 6.92 Å². The number of rotatable bonds is 5. The van der Waals surface area contributed by atoms with Crippen LogP contribution in [0.15, 0.2) is 17.0 Å². The van der Waals surface area contributed by atoms with Crippen LogP contribution in [0.5, 0.6) is 5.75 Å². The second-order valence-electron chi connectivity index (χ2n) is 3.14. The van der Waals surface area contributed by atoms with Crippen LogP contribution in [0, 0.1) is 0 Å². The van der Waals surface area contributed by atoms with Gasteiger partial charge in [-0.15, -0.1) is 11.8 Å². The van der Waals surface area contributed by atoms with Gasteiger partial charge < -0.3 is 4.74 Å². The lowest BCUT2D eigenvalue weighted by Crippen LogP contribution is -2.02. The van der Waals surface area contributed by atoms with E-state index in [1.165, 1.54) is 10.5 Å². The summed E-state index contributed by atoms with van der Waals surface area (Å²) in [7, 11) is 1.68. The van der Waals surface area contributed by atoms with Gasteiger partial charge in [-0.05, 0) is 35.9 Å². The van der Waals surface area contributed by atoms with Crippen molar-refractivity contribution in [3.05, 3.63) is 23.3 Å². The fourth-order valence-electron chi connectivity index (χ4n) is 1.50. The van der Waals surface area contributed by atoms with Crippen molar-refractivity contribution in [2.45, 2.75) is 24.8 Å². The summed E-state index contributed by atoms with van der Waals surface area (Å²) >= 11 is 1.69. The molecule has 0 aliphatic carbocycles.